The fourth-order valence-corrected chi connectivity index (χ4v) is 2.92. The first-order valence-electron chi connectivity index (χ1n) is 6.82. The largest absolute Gasteiger partial charge is 0.378 e. The summed E-state index contributed by atoms with van der Waals surface area (Å²) in [5.74, 6) is 0.136. The Morgan fingerprint density at radius 3 is 2.67 bits per heavy atom. The summed E-state index contributed by atoms with van der Waals surface area (Å²) in [6.45, 7) is 5.79. The Morgan fingerprint density at radius 1 is 1.28 bits per heavy atom. The van der Waals surface area contributed by atoms with Crippen molar-refractivity contribution in [3.8, 4) is 0 Å². The van der Waals surface area contributed by atoms with Crippen molar-refractivity contribution in [3.63, 3.8) is 0 Å². The van der Waals surface area contributed by atoms with Crippen LogP contribution in [0.3, 0.4) is 0 Å². The number of rotatable bonds is 8. The fraction of sp³-hybridized carbons (Fsp3) is 1.00. The van der Waals surface area contributed by atoms with Gasteiger partial charge in [0, 0.05) is 25.7 Å². The van der Waals surface area contributed by atoms with E-state index in [1.807, 2.05) is 13.8 Å². The standard InChI is InChI=1S/C12H26N2O3S/c1-11(2)13-8-10-18(15,16)14-7-6-12-5-3-4-9-17-12/h11-14H,3-10H2,1-2H3. The van der Waals surface area contributed by atoms with Gasteiger partial charge >= 0.3 is 0 Å². The van der Waals surface area contributed by atoms with E-state index in [0.29, 0.717) is 19.1 Å². The SMILES string of the molecule is CC(C)NCCS(=O)(=O)NCCC1CCCCO1. The molecule has 6 heteroatoms. The molecule has 0 saturated carbocycles. The first kappa shape index (κ1) is 15.9. The Morgan fingerprint density at radius 2 is 2.06 bits per heavy atom. The second-order valence-electron chi connectivity index (χ2n) is 5.10. The monoisotopic (exact) mass is 278 g/mol. The number of hydrogen-bond acceptors (Lipinski definition) is 4. The topological polar surface area (TPSA) is 67.4 Å². The van der Waals surface area contributed by atoms with Crippen LogP contribution in [0.15, 0.2) is 0 Å². The van der Waals surface area contributed by atoms with Gasteiger partial charge in [-0.15, -0.1) is 0 Å². The van der Waals surface area contributed by atoms with E-state index in [-0.39, 0.29) is 11.9 Å². The Labute approximate surface area is 111 Å². The molecule has 0 radical (unpaired) electrons. The lowest BCUT2D eigenvalue weighted by atomic mass is 10.1. The molecular weight excluding hydrogens is 252 g/mol. The third kappa shape index (κ3) is 7.31. The van der Waals surface area contributed by atoms with Gasteiger partial charge in [0.1, 0.15) is 0 Å². The minimum atomic E-state index is -3.15. The molecule has 1 unspecified atom stereocenters. The summed E-state index contributed by atoms with van der Waals surface area (Å²) >= 11 is 0. The van der Waals surface area contributed by atoms with Crippen molar-refractivity contribution in [2.24, 2.45) is 0 Å². The van der Waals surface area contributed by atoms with E-state index in [1.54, 1.807) is 0 Å². The molecule has 1 saturated heterocycles. The van der Waals surface area contributed by atoms with Crippen molar-refractivity contribution in [3.05, 3.63) is 0 Å². The number of ether oxygens (including phenoxy) is 1. The molecule has 0 spiro atoms. The molecular formula is C12H26N2O3S. The molecule has 0 bridgehead atoms. The molecule has 18 heavy (non-hydrogen) atoms. The van der Waals surface area contributed by atoms with Gasteiger partial charge < -0.3 is 10.1 Å². The van der Waals surface area contributed by atoms with Gasteiger partial charge in [0.15, 0.2) is 0 Å². The lowest BCUT2D eigenvalue weighted by Gasteiger charge is -2.22. The van der Waals surface area contributed by atoms with E-state index in [4.69, 9.17) is 4.74 Å². The highest BCUT2D eigenvalue weighted by Crippen LogP contribution is 2.14. The van der Waals surface area contributed by atoms with Crippen molar-refractivity contribution in [1.29, 1.82) is 0 Å². The van der Waals surface area contributed by atoms with Crippen molar-refractivity contribution in [2.45, 2.75) is 51.7 Å². The Balaban J connectivity index is 2.12. The Kier molecular flexibility index (Phi) is 7.14. The lowest BCUT2D eigenvalue weighted by Crippen LogP contribution is -2.36. The second kappa shape index (κ2) is 8.09. The number of sulfonamides is 1. The lowest BCUT2D eigenvalue weighted by molar-refractivity contribution is 0.0123. The molecule has 1 rings (SSSR count). The molecule has 0 aromatic carbocycles. The van der Waals surface area contributed by atoms with Gasteiger partial charge in [0.2, 0.25) is 10.0 Å². The van der Waals surface area contributed by atoms with Crippen LogP contribution in [0.2, 0.25) is 0 Å². The van der Waals surface area contributed by atoms with Crippen LogP contribution >= 0.6 is 0 Å². The smallest absolute Gasteiger partial charge is 0.212 e. The van der Waals surface area contributed by atoms with Crippen LogP contribution in [0, 0.1) is 0 Å². The van der Waals surface area contributed by atoms with Crippen molar-refractivity contribution < 1.29 is 13.2 Å². The zero-order valence-electron chi connectivity index (χ0n) is 11.4. The van der Waals surface area contributed by atoms with Crippen LogP contribution in [-0.2, 0) is 14.8 Å². The molecule has 0 amide bonds. The fourth-order valence-electron chi connectivity index (χ4n) is 1.96. The first-order valence-corrected chi connectivity index (χ1v) is 8.47. The van der Waals surface area contributed by atoms with Gasteiger partial charge in [0.25, 0.3) is 0 Å². The van der Waals surface area contributed by atoms with E-state index >= 15 is 0 Å². The third-order valence-electron chi connectivity index (χ3n) is 2.99. The molecule has 1 atom stereocenters. The van der Waals surface area contributed by atoms with Gasteiger partial charge in [0.05, 0.1) is 11.9 Å². The molecule has 1 heterocycles. The molecule has 0 aromatic rings. The highest BCUT2D eigenvalue weighted by Gasteiger charge is 2.15. The van der Waals surface area contributed by atoms with Gasteiger partial charge in [-0.25, -0.2) is 13.1 Å². The van der Waals surface area contributed by atoms with Crippen LogP contribution in [0.25, 0.3) is 0 Å². The summed E-state index contributed by atoms with van der Waals surface area (Å²) in [7, 11) is -3.15. The number of hydrogen-bond donors (Lipinski definition) is 2. The van der Waals surface area contributed by atoms with E-state index in [9.17, 15) is 8.42 Å². The highest BCUT2D eigenvalue weighted by molar-refractivity contribution is 7.89. The summed E-state index contributed by atoms with van der Waals surface area (Å²) in [6, 6.07) is 0.316. The van der Waals surface area contributed by atoms with Crippen molar-refractivity contribution in [1.82, 2.24) is 10.0 Å². The summed E-state index contributed by atoms with van der Waals surface area (Å²) in [4.78, 5) is 0. The second-order valence-corrected chi connectivity index (χ2v) is 7.03. The summed E-state index contributed by atoms with van der Waals surface area (Å²) in [6.07, 6.45) is 4.38. The van der Waals surface area contributed by atoms with Crippen LogP contribution in [0.4, 0.5) is 0 Å². The first-order chi connectivity index (χ1) is 8.49. The quantitative estimate of drug-likeness (QED) is 0.691. The van der Waals surface area contributed by atoms with Crippen LogP contribution in [-0.4, -0.2) is 46.0 Å². The molecule has 1 fully saturated rings. The van der Waals surface area contributed by atoms with Crippen molar-refractivity contribution >= 4 is 10.0 Å². The van der Waals surface area contributed by atoms with E-state index in [2.05, 4.69) is 10.0 Å². The molecule has 1 aliphatic rings. The molecule has 0 aliphatic carbocycles. The Bertz CT molecular complexity index is 311. The maximum Gasteiger partial charge on any atom is 0.212 e. The van der Waals surface area contributed by atoms with Crippen molar-refractivity contribution in [2.75, 3.05) is 25.4 Å². The van der Waals surface area contributed by atoms with E-state index in [0.717, 1.165) is 25.9 Å². The average molecular weight is 278 g/mol. The minimum absolute atomic E-state index is 0.136. The number of nitrogens with one attached hydrogen (secondary N) is 2. The van der Waals surface area contributed by atoms with Gasteiger partial charge in [-0.2, -0.15) is 0 Å². The zero-order valence-corrected chi connectivity index (χ0v) is 12.3. The summed E-state index contributed by atoms with van der Waals surface area (Å²) in [5.41, 5.74) is 0. The van der Waals surface area contributed by atoms with E-state index in [1.165, 1.54) is 6.42 Å². The molecule has 2 N–H and O–H groups in total. The maximum absolute atomic E-state index is 11.7. The Hall–Kier alpha value is -0.170. The summed E-state index contributed by atoms with van der Waals surface area (Å²) in [5, 5.41) is 3.10. The predicted octanol–water partition coefficient (Wildman–Crippen LogP) is 0.863. The average Bonchev–Trinajstić information content (AvgIpc) is 2.29. The van der Waals surface area contributed by atoms with Gasteiger partial charge in [-0.1, -0.05) is 13.8 Å². The molecule has 1 aliphatic heterocycles. The molecule has 5 nitrogen and oxygen atoms in total. The molecule has 108 valence electrons. The van der Waals surface area contributed by atoms with Crippen LogP contribution in [0.1, 0.15) is 39.5 Å². The van der Waals surface area contributed by atoms with Gasteiger partial charge in [-0.3, -0.25) is 0 Å². The zero-order chi connectivity index (χ0) is 13.4. The highest BCUT2D eigenvalue weighted by atomic mass is 32.2. The predicted molar refractivity (Wildman–Crippen MR) is 73.1 cm³/mol. The van der Waals surface area contributed by atoms with E-state index < -0.39 is 10.0 Å². The van der Waals surface area contributed by atoms with Crippen LogP contribution in [0.5, 0.6) is 0 Å². The van der Waals surface area contributed by atoms with Gasteiger partial charge in [-0.05, 0) is 25.7 Å². The van der Waals surface area contributed by atoms with Crippen LogP contribution < -0.4 is 10.0 Å². The summed E-state index contributed by atoms with van der Waals surface area (Å²) < 4.78 is 31.5. The maximum atomic E-state index is 11.7. The normalized spacial score (nSPS) is 21.4. The third-order valence-corrected chi connectivity index (χ3v) is 4.37. The minimum Gasteiger partial charge on any atom is -0.378 e. The molecule has 0 aromatic heterocycles.